The summed E-state index contributed by atoms with van der Waals surface area (Å²) in [5.41, 5.74) is 0.122. The molecule has 0 N–H and O–H groups in total. The number of morpholine rings is 1. The molecule has 2 saturated heterocycles. The first-order valence-corrected chi connectivity index (χ1v) is 7.93. The number of carbonyl (C=O) groups excluding carboxylic acids is 1. The maximum Gasteiger partial charge on any atom is 0.231 e. The number of ether oxygens (including phenoxy) is 2. The van der Waals surface area contributed by atoms with E-state index in [1.165, 1.54) is 0 Å². The third-order valence-corrected chi connectivity index (χ3v) is 4.83. The highest BCUT2D eigenvalue weighted by molar-refractivity contribution is 5.82. The topological polar surface area (TPSA) is 56.6 Å². The maximum atomic E-state index is 13.0. The zero-order valence-electron chi connectivity index (χ0n) is 13.7. The van der Waals surface area contributed by atoms with Crippen molar-refractivity contribution in [3.8, 4) is 0 Å². The van der Waals surface area contributed by atoms with Crippen LogP contribution < -0.4 is 0 Å². The van der Waals surface area contributed by atoms with E-state index in [1.807, 2.05) is 38.2 Å². The summed E-state index contributed by atoms with van der Waals surface area (Å²) in [6, 6.07) is 0. The Morgan fingerprint density at radius 3 is 2.82 bits per heavy atom. The zero-order chi connectivity index (χ0) is 15.8. The highest BCUT2D eigenvalue weighted by Gasteiger charge is 2.43. The number of nitrogens with zero attached hydrogens (tertiary/aromatic N) is 3. The number of aromatic nitrogens is 2. The lowest BCUT2D eigenvalue weighted by Gasteiger charge is -2.44. The lowest BCUT2D eigenvalue weighted by atomic mass is 9.82. The molecule has 22 heavy (non-hydrogen) atoms. The van der Waals surface area contributed by atoms with E-state index in [0.29, 0.717) is 26.3 Å². The van der Waals surface area contributed by atoms with Crippen LogP contribution in [-0.2, 0) is 26.9 Å². The first-order valence-electron chi connectivity index (χ1n) is 7.93. The van der Waals surface area contributed by atoms with Crippen LogP contribution in [-0.4, -0.2) is 53.5 Å². The second kappa shape index (κ2) is 5.66. The average Bonchev–Trinajstić information content (AvgIpc) is 2.95. The number of amides is 1. The van der Waals surface area contributed by atoms with Gasteiger partial charge in [0.15, 0.2) is 0 Å². The smallest absolute Gasteiger partial charge is 0.231 e. The van der Waals surface area contributed by atoms with E-state index >= 15 is 0 Å². The summed E-state index contributed by atoms with van der Waals surface area (Å²) in [4.78, 5) is 14.9. The Labute approximate surface area is 131 Å². The SMILES string of the molecule is Cn1cc(C2(C)CN(C(=O)C3(C)CCCOC3)CCO2)cn1. The fraction of sp³-hybridized carbons (Fsp3) is 0.750. The molecule has 3 heterocycles. The largest absolute Gasteiger partial charge is 0.380 e. The molecule has 2 aliphatic heterocycles. The summed E-state index contributed by atoms with van der Waals surface area (Å²) in [7, 11) is 1.89. The van der Waals surface area contributed by atoms with Gasteiger partial charge in [-0.25, -0.2) is 0 Å². The molecule has 0 aromatic carbocycles. The van der Waals surface area contributed by atoms with Crippen LogP contribution in [0.25, 0.3) is 0 Å². The molecule has 0 saturated carbocycles. The van der Waals surface area contributed by atoms with E-state index in [1.54, 1.807) is 4.68 Å². The fourth-order valence-electron chi connectivity index (χ4n) is 3.40. The molecule has 6 heteroatoms. The van der Waals surface area contributed by atoms with Crippen LogP contribution in [0.4, 0.5) is 0 Å². The van der Waals surface area contributed by atoms with Gasteiger partial charge in [-0.15, -0.1) is 0 Å². The highest BCUT2D eigenvalue weighted by Crippen LogP contribution is 2.34. The molecule has 6 nitrogen and oxygen atoms in total. The van der Waals surface area contributed by atoms with Crippen LogP contribution in [0.3, 0.4) is 0 Å². The standard InChI is InChI=1S/C16H25N3O3/c1-15(5-4-7-21-12-15)14(20)19-6-8-22-16(2,11-19)13-9-17-18(3)10-13/h9-10H,4-8,11-12H2,1-3H3. The lowest BCUT2D eigenvalue weighted by Crippen LogP contribution is -2.55. The maximum absolute atomic E-state index is 13.0. The van der Waals surface area contributed by atoms with Crippen LogP contribution in [0.15, 0.2) is 12.4 Å². The number of aryl methyl sites for hydroxylation is 1. The Hall–Kier alpha value is -1.40. The minimum atomic E-state index is -0.492. The molecule has 0 radical (unpaired) electrons. The van der Waals surface area contributed by atoms with Crippen LogP contribution >= 0.6 is 0 Å². The van der Waals surface area contributed by atoms with E-state index in [0.717, 1.165) is 25.0 Å². The van der Waals surface area contributed by atoms with E-state index in [9.17, 15) is 4.79 Å². The quantitative estimate of drug-likeness (QED) is 0.827. The lowest BCUT2D eigenvalue weighted by molar-refractivity contribution is -0.165. The summed E-state index contributed by atoms with van der Waals surface area (Å²) < 4.78 is 13.3. The van der Waals surface area contributed by atoms with Crippen molar-refractivity contribution in [2.24, 2.45) is 12.5 Å². The Kier molecular flexibility index (Phi) is 3.99. The number of rotatable bonds is 2. The van der Waals surface area contributed by atoms with Crippen molar-refractivity contribution >= 4 is 5.91 Å². The van der Waals surface area contributed by atoms with E-state index in [4.69, 9.17) is 9.47 Å². The van der Waals surface area contributed by atoms with Crippen LogP contribution in [0, 0.1) is 5.41 Å². The average molecular weight is 307 g/mol. The third-order valence-electron chi connectivity index (χ3n) is 4.83. The van der Waals surface area contributed by atoms with Gasteiger partial charge in [0.1, 0.15) is 5.60 Å². The molecule has 1 aromatic rings. The summed E-state index contributed by atoms with van der Waals surface area (Å²) in [6.45, 7) is 7.09. The fourth-order valence-corrected chi connectivity index (χ4v) is 3.40. The molecule has 2 atom stereocenters. The van der Waals surface area contributed by atoms with Crippen molar-refractivity contribution in [3.63, 3.8) is 0 Å². The Morgan fingerprint density at radius 1 is 1.36 bits per heavy atom. The molecule has 3 rings (SSSR count). The van der Waals surface area contributed by atoms with Gasteiger partial charge < -0.3 is 14.4 Å². The first-order chi connectivity index (χ1) is 10.4. The van der Waals surface area contributed by atoms with Crippen LogP contribution in [0.1, 0.15) is 32.3 Å². The number of carbonyl (C=O) groups is 1. The van der Waals surface area contributed by atoms with Crippen LogP contribution in [0.2, 0.25) is 0 Å². The number of hydrogen-bond acceptors (Lipinski definition) is 4. The Balaban J connectivity index is 1.76. The molecule has 0 bridgehead atoms. The van der Waals surface area contributed by atoms with Gasteiger partial charge in [-0.3, -0.25) is 9.48 Å². The minimum absolute atomic E-state index is 0.186. The van der Waals surface area contributed by atoms with Gasteiger partial charge >= 0.3 is 0 Å². The highest BCUT2D eigenvalue weighted by atomic mass is 16.5. The zero-order valence-corrected chi connectivity index (χ0v) is 13.7. The third kappa shape index (κ3) is 2.77. The summed E-state index contributed by atoms with van der Waals surface area (Å²) >= 11 is 0. The van der Waals surface area contributed by atoms with Crippen molar-refractivity contribution in [2.75, 3.05) is 32.9 Å². The summed E-state index contributed by atoms with van der Waals surface area (Å²) in [6.07, 6.45) is 5.62. The van der Waals surface area contributed by atoms with Crippen molar-refractivity contribution in [1.29, 1.82) is 0 Å². The van der Waals surface area contributed by atoms with Crippen molar-refractivity contribution in [1.82, 2.24) is 14.7 Å². The van der Waals surface area contributed by atoms with Gasteiger partial charge in [0.25, 0.3) is 0 Å². The molecule has 1 amide bonds. The molecule has 2 unspecified atom stereocenters. The first kappa shape index (κ1) is 15.5. The van der Waals surface area contributed by atoms with Crippen molar-refractivity contribution < 1.29 is 14.3 Å². The van der Waals surface area contributed by atoms with Crippen molar-refractivity contribution in [2.45, 2.75) is 32.3 Å². The summed E-state index contributed by atoms with van der Waals surface area (Å²) in [5, 5.41) is 4.22. The Bertz CT molecular complexity index is 551. The minimum Gasteiger partial charge on any atom is -0.380 e. The summed E-state index contributed by atoms with van der Waals surface area (Å²) in [5.74, 6) is 0.186. The molecule has 1 aromatic heterocycles. The number of hydrogen-bond donors (Lipinski definition) is 0. The second-order valence-corrected chi connectivity index (χ2v) is 6.93. The van der Waals surface area contributed by atoms with Gasteiger partial charge in [-0.05, 0) is 26.7 Å². The molecule has 0 spiro atoms. The molecule has 2 fully saturated rings. The predicted octanol–water partition coefficient (Wildman–Crippen LogP) is 1.31. The molecular formula is C16H25N3O3. The van der Waals surface area contributed by atoms with E-state index in [-0.39, 0.29) is 5.91 Å². The normalized spacial score (nSPS) is 33.0. The van der Waals surface area contributed by atoms with E-state index < -0.39 is 11.0 Å². The molecule has 2 aliphatic rings. The van der Waals surface area contributed by atoms with Gasteiger partial charge in [0.05, 0.1) is 31.4 Å². The van der Waals surface area contributed by atoms with E-state index in [2.05, 4.69) is 5.10 Å². The van der Waals surface area contributed by atoms with Crippen LogP contribution in [0.5, 0.6) is 0 Å². The van der Waals surface area contributed by atoms with Gasteiger partial charge in [-0.2, -0.15) is 5.10 Å². The molecular weight excluding hydrogens is 282 g/mol. The van der Waals surface area contributed by atoms with Gasteiger partial charge in [0.2, 0.25) is 5.91 Å². The van der Waals surface area contributed by atoms with Crippen molar-refractivity contribution in [3.05, 3.63) is 18.0 Å². The monoisotopic (exact) mass is 307 g/mol. The van der Waals surface area contributed by atoms with Gasteiger partial charge in [-0.1, -0.05) is 0 Å². The Morgan fingerprint density at radius 2 is 2.18 bits per heavy atom. The second-order valence-electron chi connectivity index (χ2n) is 6.93. The van der Waals surface area contributed by atoms with Gasteiger partial charge in [0, 0.05) is 32.0 Å². The molecule has 0 aliphatic carbocycles. The predicted molar refractivity (Wildman–Crippen MR) is 81.3 cm³/mol. The molecule has 122 valence electrons.